The van der Waals surface area contributed by atoms with E-state index in [1.165, 1.54) is 51.4 Å². The highest BCUT2D eigenvalue weighted by molar-refractivity contribution is 6.03. The zero-order valence-electron chi connectivity index (χ0n) is 21.5. The van der Waals surface area contributed by atoms with E-state index in [1.54, 1.807) is 30.3 Å². The second-order valence-corrected chi connectivity index (χ2v) is 7.76. The number of carbonyl (C=O) groups excluding carboxylic acids is 2. The topological polar surface area (TPSA) is 52.6 Å². The van der Waals surface area contributed by atoms with Crippen LogP contribution in [0.25, 0.3) is 0 Å². The molecule has 0 aromatic heterocycles. The minimum Gasteiger partial charge on any atom is -0.462 e. The molecule has 1 rings (SSSR count). The molecule has 0 unspecified atom stereocenters. The van der Waals surface area contributed by atoms with Gasteiger partial charge in [-0.3, -0.25) is 0 Å². The van der Waals surface area contributed by atoms with Crippen LogP contribution in [-0.2, 0) is 9.47 Å². The fourth-order valence-electron chi connectivity index (χ4n) is 3.09. The summed E-state index contributed by atoms with van der Waals surface area (Å²) >= 11 is 0. The first-order chi connectivity index (χ1) is 16.1. The molecule has 0 radical (unpaired) electrons. The number of esters is 2. The third kappa shape index (κ3) is 18.9. The Morgan fingerprint density at radius 1 is 0.697 bits per heavy atom. The Morgan fingerprint density at radius 3 is 1.33 bits per heavy atom. The monoisotopic (exact) mass is 460 g/mol. The van der Waals surface area contributed by atoms with Gasteiger partial charge >= 0.3 is 11.9 Å². The SMILES string of the molecule is C=C.C=CC.CCCCCCCCOC(=O)c1ccccc1C(=O)OCCCCCCCC. The summed E-state index contributed by atoms with van der Waals surface area (Å²) in [5, 5.41) is 0. The third-order valence-corrected chi connectivity index (χ3v) is 4.83. The zero-order valence-corrected chi connectivity index (χ0v) is 21.5. The van der Waals surface area contributed by atoms with Crippen molar-refractivity contribution >= 4 is 11.9 Å². The first-order valence-corrected chi connectivity index (χ1v) is 12.6. The standard InChI is InChI=1S/C24H38O4.C3H6.C2H4/c1-3-5-7-9-11-15-19-27-23(25)21-17-13-14-18-22(21)24(26)28-20-16-12-10-8-6-4-2;1-3-2;1-2/h13-14,17-18H,3-12,15-16,19-20H2,1-2H3;3H,1H2,2H3;1-2H2. The largest absolute Gasteiger partial charge is 0.462 e. The summed E-state index contributed by atoms with van der Waals surface area (Å²) < 4.78 is 10.7. The predicted molar refractivity (Wildman–Crippen MR) is 141 cm³/mol. The molecule has 33 heavy (non-hydrogen) atoms. The van der Waals surface area contributed by atoms with Crippen molar-refractivity contribution in [2.75, 3.05) is 13.2 Å². The van der Waals surface area contributed by atoms with E-state index in [0.29, 0.717) is 24.3 Å². The molecular weight excluding hydrogens is 412 g/mol. The van der Waals surface area contributed by atoms with E-state index in [2.05, 4.69) is 33.6 Å². The van der Waals surface area contributed by atoms with Crippen LogP contribution in [0.1, 0.15) is 119 Å². The maximum Gasteiger partial charge on any atom is 0.339 e. The Morgan fingerprint density at radius 2 is 1.00 bits per heavy atom. The van der Waals surface area contributed by atoms with Crippen molar-refractivity contribution in [1.82, 2.24) is 0 Å². The van der Waals surface area contributed by atoms with Crippen LogP contribution in [0, 0.1) is 0 Å². The molecule has 0 atom stereocenters. The number of hydrogen-bond acceptors (Lipinski definition) is 4. The Kier molecular flexibility index (Phi) is 25.8. The quantitative estimate of drug-likeness (QED) is 0.141. The van der Waals surface area contributed by atoms with E-state index in [0.717, 1.165) is 25.7 Å². The summed E-state index contributed by atoms with van der Waals surface area (Å²) in [7, 11) is 0. The number of unbranched alkanes of at least 4 members (excludes halogenated alkanes) is 10. The van der Waals surface area contributed by atoms with Crippen LogP contribution < -0.4 is 0 Å². The van der Waals surface area contributed by atoms with Crippen molar-refractivity contribution in [2.24, 2.45) is 0 Å². The van der Waals surface area contributed by atoms with Gasteiger partial charge in [0.05, 0.1) is 24.3 Å². The van der Waals surface area contributed by atoms with Crippen LogP contribution in [0.5, 0.6) is 0 Å². The second kappa shape index (κ2) is 25.9. The van der Waals surface area contributed by atoms with E-state index in [9.17, 15) is 9.59 Å². The molecule has 0 saturated heterocycles. The van der Waals surface area contributed by atoms with Gasteiger partial charge in [0, 0.05) is 0 Å². The molecule has 0 fully saturated rings. The summed E-state index contributed by atoms with van der Waals surface area (Å²) in [6, 6.07) is 6.74. The molecule has 4 nitrogen and oxygen atoms in total. The van der Waals surface area contributed by atoms with Gasteiger partial charge in [-0.25, -0.2) is 9.59 Å². The first-order valence-electron chi connectivity index (χ1n) is 12.6. The number of allylic oxidation sites excluding steroid dienone is 1. The summed E-state index contributed by atoms with van der Waals surface area (Å²) in [6.45, 7) is 16.4. The van der Waals surface area contributed by atoms with Gasteiger partial charge in [-0.2, -0.15) is 0 Å². The van der Waals surface area contributed by atoms with E-state index in [4.69, 9.17) is 9.47 Å². The molecule has 0 N–H and O–H groups in total. The van der Waals surface area contributed by atoms with Gasteiger partial charge in [-0.05, 0) is 31.9 Å². The van der Waals surface area contributed by atoms with Gasteiger partial charge in [0.1, 0.15) is 0 Å². The molecule has 1 aromatic carbocycles. The van der Waals surface area contributed by atoms with Crippen molar-refractivity contribution < 1.29 is 19.1 Å². The van der Waals surface area contributed by atoms with Crippen LogP contribution in [0.3, 0.4) is 0 Å². The smallest absolute Gasteiger partial charge is 0.339 e. The maximum atomic E-state index is 12.4. The Labute approximate surface area is 203 Å². The molecule has 0 heterocycles. The van der Waals surface area contributed by atoms with Crippen LogP contribution in [0.15, 0.2) is 50.1 Å². The van der Waals surface area contributed by atoms with Gasteiger partial charge in [0.2, 0.25) is 0 Å². The summed E-state index contributed by atoms with van der Waals surface area (Å²) in [5.74, 6) is -0.888. The number of benzene rings is 1. The van der Waals surface area contributed by atoms with Gasteiger partial charge in [-0.1, -0.05) is 96.3 Å². The van der Waals surface area contributed by atoms with E-state index < -0.39 is 11.9 Å². The molecule has 0 aliphatic heterocycles. The van der Waals surface area contributed by atoms with Crippen molar-refractivity contribution in [3.8, 4) is 0 Å². The average Bonchev–Trinajstić information content (AvgIpc) is 2.84. The molecule has 0 saturated carbocycles. The van der Waals surface area contributed by atoms with E-state index >= 15 is 0 Å². The number of ether oxygens (including phenoxy) is 2. The molecular formula is C29H48O4. The lowest BCUT2D eigenvalue weighted by molar-refractivity contribution is 0.0450. The molecule has 0 spiro atoms. The molecule has 0 aliphatic carbocycles. The summed E-state index contributed by atoms with van der Waals surface area (Å²) in [6.07, 6.45) is 15.4. The Bertz CT molecular complexity index is 560. The fourth-order valence-corrected chi connectivity index (χ4v) is 3.09. The van der Waals surface area contributed by atoms with Gasteiger partial charge in [-0.15, -0.1) is 19.7 Å². The number of hydrogen-bond donors (Lipinski definition) is 0. The minimum absolute atomic E-state index is 0.293. The Hall–Kier alpha value is -2.36. The molecule has 4 heteroatoms. The predicted octanol–water partition coefficient (Wildman–Crippen LogP) is 8.72. The highest BCUT2D eigenvalue weighted by atomic mass is 16.5. The maximum absolute atomic E-state index is 12.4. The van der Waals surface area contributed by atoms with E-state index in [-0.39, 0.29) is 0 Å². The normalized spacial score (nSPS) is 9.55. The van der Waals surface area contributed by atoms with Crippen LogP contribution in [-0.4, -0.2) is 25.2 Å². The zero-order chi connectivity index (χ0) is 25.2. The molecule has 0 aliphatic rings. The molecule has 0 amide bonds. The highest BCUT2D eigenvalue weighted by Gasteiger charge is 2.18. The number of rotatable bonds is 16. The van der Waals surface area contributed by atoms with Crippen LogP contribution in [0.2, 0.25) is 0 Å². The van der Waals surface area contributed by atoms with Crippen molar-refractivity contribution in [1.29, 1.82) is 0 Å². The minimum atomic E-state index is -0.444. The van der Waals surface area contributed by atoms with E-state index in [1.807, 2.05) is 6.92 Å². The number of carbonyl (C=O) groups is 2. The van der Waals surface area contributed by atoms with Gasteiger partial charge in [0.25, 0.3) is 0 Å². The average molecular weight is 461 g/mol. The van der Waals surface area contributed by atoms with Crippen LogP contribution in [0.4, 0.5) is 0 Å². The van der Waals surface area contributed by atoms with Crippen LogP contribution >= 0.6 is 0 Å². The van der Waals surface area contributed by atoms with Gasteiger partial charge in [0.15, 0.2) is 0 Å². The first kappa shape index (κ1) is 32.8. The van der Waals surface area contributed by atoms with Crippen molar-refractivity contribution in [3.05, 3.63) is 61.2 Å². The fraction of sp³-hybridized carbons (Fsp3) is 0.586. The lowest BCUT2D eigenvalue weighted by atomic mass is 10.1. The lowest BCUT2D eigenvalue weighted by Gasteiger charge is -2.10. The highest BCUT2D eigenvalue weighted by Crippen LogP contribution is 2.14. The third-order valence-electron chi connectivity index (χ3n) is 4.83. The van der Waals surface area contributed by atoms with Crippen molar-refractivity contribution in [3.63, 3.8) is 0 Å². The van der Waals surface area contributed by atoms with Crippen molar-refractivity contribution in [2.45, 2.75) is 97.8 Å². The molecule has 1 aromatic rings. The summed E-state index contributed by atoms with van der Waals surface area (Å²) in [4.78, 5) is 24.7. The van der Waals surface area contributed by atoms with Gasteiger partial charge < -0.3 is 9.47 Å². The molecule has 188 valence electrons. The second-order valence-electron chi connectivity index (χ2n) is 7.76. The lowest BCUT2D eigenvalue weighted by Crippen LogP contribution is -2.15. The molecule has 0 bridgehead atoms. The summed E-state index contributed by atoms with van der Waals surface area (Å²) in [5.41, 5.74) is 0.586. The Balaban J connectivity index is 0.